The molecule has 2 aromatic heterocycles. The smallest absolute Gasteiger partial charge is 0.237 e. The van der Waals surface area contributed by atoms with Gasteiger partial charge in [0.15, 0.2) is 0 Å². The highest BCUT2D eigenvalue weighted by atomic mass is 32.2. The van der Waals surface area contributed by atoms with Gasteiger partial charge in [-0.2, -0.15) is 0 Å². The summed E-state index contributed by atoms with van der Waals surface area (Å²) in [5, 5.41) is 10.6. The molecule has 0 spiro atoms. The number of thioether (sulfide) groups is 1. The number of rotatable bonds is 6. The van der Waals surface area contributed by atoms with Crippen molar-refractivity contribution in [3.8, 4) is 11.3 Å². The van der Waals surface area contributed by atoms with E-state index < -0.39 is 0 Å². The van der Waals surface area contributed by atoms with Gasteiger partial charge in [0.25, 0.3) is 0 Å². The number of fused-ring (bicyclic) bond motifs is 1. The van der Waals surface area contributed by atoms with Gasteiger partial charge < -0.3 is 4.90 Å². The minimum atomic E-state index is 0.0373. The summed E-state index contributed by atoms with van der Waals surface area (Å²) in [5.74, 6) is 0.313. The lowest BCUT2D eigenvalue weighted by Gasteiger charge is -2.26. The second-order valence-corrected chi connectivity index (χ2v) is 9.28. The third-order valence-corrected chi connectivity index (χ3v) is 6.51. The summed E-state index contributed by atoms with van der Waals surface area (Å²) in [6, 6.07) is 19.8. The highest BCUT2D eigenvalue weighted by Gasteiger charge is 2.21. The van der Waals surface area contributed by atoms with E-state index >= 15 is 0 Å². The molecule has 0 unspecified atom stereocenters. The van der Waals surface area contributed by atoms with Gasteiger partial charge in [-0.1, -0.05) is 60.3 Å². The highest BCUT2D eigenvalue weighted by molar-refractivity contribution is 8.00. The third kappa shape index (κ3) is 4.22. The van der Waals surface area contributed by atoms with E-state index in [1.807, 2.05) is 86.3 Å². The van der Waals surface area contributed by atoms with Crippen LogP contribution in [-0.2, 0) is 4.79 Å². The van der Waals surface area contributed by atoms with Gasteiger partial charge in [-0.25, -0.2) is 4.98 Å². The predicted molar refractivity (Wildman–Crippen MR) is 125 cm³/mol. The van der Waals surface area contributed by atoms with Crippen LogP contribution in [0.3, 0.4) is 0 Å². The van der Waals surface area contributed by atoms with E-state index in [1.165, 1.54) is 11.8 Å². The number of benzene rings is 2. The molecule has 0 radical (unpaired) electrons. The first-order valence-corrected chi connectivity index (χ1v) is 11.5. The monoisotopic (exact) mass is 434 g/mol. The second kappa shape index (κ2) is 8.93. The molecule has 0 aliphatic heterocycles. The number of amides is 1. The maximum atomic E-state index is 13.0. The van der Waals surface area contributed by atoms with Crippen LogP contribution in [0, 0.1) is 6.92 Å². The Balaban J connectivity index is 1.61. The summed E-state index contributed by atoms with van der Waals surface area (Å²) in [4.78, 5) is 19.5. The third-order valence-electron chi connectivity index (χ3n) is 4.59. The van der Waals surface area contributed by atoms with Crippen molar-refractivity contribution < 1.29 is 4.79 Å². The zero-order valence-corrected chi connectivity index (χ0v) is 18.7. The van der Waals surface area contributed by atoms with Crippen LogP contribution in [0.1, 0.15) is 18.9 Å². The maximum Gasteiger partial charge on any atom is 0.237 e. The van der Waals surface area contributed by atoms with Crippen LogP contribution in [0.5, 0.6) is 0 Å². The number of anilines is 1. The first-order valence-electron chi connectivity index (χ1n) is 9.73. The van der Waals surface area contributed by atoms with Crippen LogP contribution in [0.15, 0.2) is 65.7 Å². The van der Waals surface area contributed by atoms with E-state index in [-0.39, 0.29) is 17.7 Å². The van der Waals surface area contributed by atoms with Crippen molar-refractivity contribution in [3.63, 3.8) is 0 Å². The van der Waals surface area contributed by atoms with Gasteiger partial charge in [0.2, 0.25) is 5.91 Å². The van der Waals surface area contributed by atoms with Gasteiger partial charge in [-0.15, -0.1) is 21.5 Å². The number of carbonyl (C=O) groups excluding carboxylic acids is 1. The quantitative estimate of drug-likeness (QED) is 0.370. The van der Waals surface area contributed by atoms with Gasteiger partial charge in [-0.3, -0.25) is 4.79 Å². The Labute approximate surface area is 184 Å². The fourth-order valence-electron chi connectivity index (χ4n) is 3.32. The van der Waals surface area contributed by atoms with Crippen LogP contribution in [0.25, 0.3) is 21.5 Å². The molecule has 4 aromatic rings. The molecule has 0 aliphatic carbocycles. The zero-order chi connectivity index (χ0) is 21.1. The molecular weight excluding hydrogens is 412 g/mol. The van der Waals surface area contributed by atoms with Gasteiger partial charge in [0.1, 0.15) is 16.2 Å². The molecule has 7 heteroatoms. The lowest BCUT2D eigenvalue weighted by atomic mass is 10.1. The van der Waals surface area contributed by atoms with Crippen molar-refractivity contribution >= 4 is 44.9 Å². The molecule has 5 nitrogen and oxygen atoms in total. The minimum Gasteiger partial charge on any atom is -0.309 e. The average Bonchev–Trinajstić information content (AvgIpc) is 3.14. The lowest BCUT2D eigenvalue weighted by molar-refractivity contribution is -0.116. The van der Waals surface area contributed by atoms with E-state index in [0.29, 0.717) is 5.03 Å². The molecule has 0 N–H and O–H groups in total. The van der Waals surface area contributed by atoms with Crippen LogP contribution < -0.4 is 4.90 Å². The SMILES string of the molecule is Cc1nc2c(SCC(=O)N(c3ccccc3)C(C)C)nnc(-c3ccccc3)c2s1. The first-order chi connectivity index (χ1) is 14.5. The fraction of sp³-hybridized carbons (Fsp3) is 0.217. The number of hydrogen-bond donors (Lipinski definition) is 0. The number of aromatic nitrogens is 3. The summed E-state index contributed by atoms with van der Waals surface area (Å²) in [6.45, 7) is 6.02. The van der Waals surface area contributed by atoms with Gasteiger partial charge in [0.05, 0.1) is 15.5 Å². The fourth-order valence-corrected chi connectivity index (χ4v) is 5.09. The number of para-hydroxylation sites is 1. The maximum absolute atomic E-state index is 13.0. The number of hydrogen-bond acceptors (Lipinski definition) is 6. The molecule has 0 aliphatic rings. The summed E-state index contributed by atoms with van der Waals surface area (Å²) in [5.41, 5.74) is 3.57. The Morgan fingerprint density at radius 3 is 2.37 bits per heavy atom. The number of aryl methyl sites for hydroxylation is 1. The minimum absolute atomic E-state index is 0.0373. The van der Waals surface area contributed by atoms with E-state index in [0.717, 1.165) is 32.2 Å². The van der Waals surface area contributed by atoms with E-state index in [2.05, 4.69) is 15.2 Å². The Morgan fingerprint density at radius 1 is 1.03 bits per heavy atom. The van der Waals surface area contributed by atoms with Gasteiger partial charge in [0, 0.05) is 17.3 Å². The molecule has 0 atom stereocenters. The van der Waals surface area contributed by atoms with Crippen LogP contribution in [0.2, 0.25) is 0 Å². The standard InChI is InChI=1S/C23H22N4OS2/c1-15(2)27(18-12-8-5-9-13-18)19(28)14-29-23-21-22(30-16(3)24-21)20(25-26-23)17-10-6-4-7-11-17/h4-13,15H,14H2,1-3H3. The molecule has 2 heterocycles. The van der Waals surface area contributed by atoms with Crippen molar-refractivity contribution in [1.29, 1.82) is 0 Å². The molecule has 1 amide bonds. The van der Waals surface area contributed by atoms with Crippen molar-refractivity contribution in [2.45, 2.75) is 31.8 Å². The van der Waals surface area contributed by atoms with Crippen molar-refractivity contribution in [3.05, 3.63) is 65.7 Å². The Hall–Kier alpha value is -2.77. The molecular formula is C23H22N4OS2. The van der Waals surface area contributed by atoms with Gasteiger partial charge >= 0.3 is 0 Å². The summed E-state index contributed by atoms with van der Waals surface area (Å²) in [6.07, 6.45) is 0. The number of carbonyl (C=O) groups is 1. The summed E-state index contributed by atoms with van der Waals surface area (Å²) >= 11 is 3.00. The molecule has 30 heavy (non-hydrogen) atoms. The van der Waals surface area contributed by atoms with E-state index in [1.54, 1.807) is 11.3 Å². The molecule has 4 rings (SSSR count). The van der Waals surface area contributed by atoms with E-state index in [4.69, 9.17) is 0 Å². The van der Waals surface area contributed by atoms with Crippen molar-refractivity contribution in [2.24, 2.45) is 0 Å². The molecule has 0 saturated carbocycles. The molecule has 0 saturated heterocycles. The summed E-state index contributed by atoms with van der Waals surface area (Å²) in [7, 11) is 0. The zero-order valence-electron chi connectivity index (χ0n) is 17.1. The average molecular weight is 435 g/mol. The largest absolute Gasteiger partial charge is 0.309 e. The van der Waals surface area contributed by atoms with Gasteiger partial charge in [-0.05, 0) is 32.9 Å². The Bertz CT molecular complexity index is 1160. The molecule has 0 bridgehead atoms. The van der Waals surface area contributed by atoms with Crippen molar-refractivity contribution in [2.75, 3.05) is 10.7 Å². The number of thiazole rings is 1. The molecule has 2 aromatic carbocycles. The molecule has 152 valence electrons. The Morgan fingerprint density at radius 2 is 1.70 bits per heavy atom. The Kier molecular flexibility index (Phi) is 6.11. The second-order valence-electron chi connectivity index (χ2n) is 7.11. The van der Waals surface area contributed by atoms with Crippen LogP contribution in [-0.4, -0.2) is 32.9 Å². The summed E-state index contributed by atoms with van der Waals surface area (Å²) < 4.78 is 1.01. The normalized spacial score (nSPS) is 11.2. The van der Waals surface area contributed by atoms with Crippen molar-refractivity contribution in [1.82, 2.24) is 15.2 Å². The molecule has 0 fully saturated rings. The highest BCUT2D eigenvalue weighted by Crippen LogP contribution is 2.35. The van der Waals surface area contributed by atoms with Crippen LogP contribution >= 0.6 is 23.1 Å². The lowest BCUT2D eigenvalue weighted by Crippen LogP contribution is -2.38. The van der Waals surface area contributed by atoms with Crippen LogP contribution in [0.4, 0.5) is 5.69 Å². The van der Waals surface area contributed by atoms with E-state index in [9.17, 15) is 4.79 Å². The topological polar surface area (TPSA) is 59.0 Å². The first kappa shape index (κ1) is 20.5. The predicted octanol–water partition coefficient (Wildman–Crippen LogP) is 5.60. The number of nitrogens with zero attached hydrogens (tertiary/aromatic N) is 4.